The van der Waals surface area contributed by atoms with Gasteiger partial charge in [-0.1, -0.05) is 43.5 Å². The molecule has 2 aliphatic rings. The van der Waals surface area contributed by atoms with Crippen molar-refractivity contribution in [2.75, 3.05) is 13.2 Å². The van der Waals surface area contributed by atoms with Gasteiger partial charge in [-0.15, -0.1) is 0 Å². The molecule has 0 saturated heterocycles. The molecule has 0 aromatic heterocycles. The molecule has 0 radical (unpaired) electrons. The molecule has 1 aromatic rings. The van der Waals surface area contributed by atoms with Gasteiger partial charge >= 0.3 is 0 Å². The Hall–Kier alpha value is -1.39. The van der Waals surface area contributed by atoms with Gasteiger partial charge in [0.15, 0.2) is 0 Å². The number of benzene rings is 1. The molecule has 1 heterocycles. The lowest BCUT2D eigenvalue weighted by atomic mass is 9.85. The van der Waals surface area contributed by atoms with Gasteiger partial charge in [0, 0.05) is 6.54 Å². The predicted molar refractivity (Wildman–Crippen MR) is 89.0 cm³/mol. The monoisotopic (exact) mass is 317 g/mol. The summed E-state index contributed by atoms with van der Waals surface area (Å²) in [5.41, 5.74) is 2.40. The highest BCUT2D eigenvalue weighted by molar-refractivity contribution is 5.76. The standard InChI is InChI=1S/C19H27NO3/c21-17(15-7-2-1-3-8-15)13-20-19(22)12-18-16-9-5-4-6-14(16)10-11-23-18/h4-6,9,15,17-18,21H,1-3,7-8,10-13H2,(H,20,22)/t17-,18+/m1/s1. The van der Waals surface area contributed by atoms with Gasteiger partial charge in [-0.3, -0.25) is 4.79 Å². The normalized spacial score (nSPS) is 23.1. The van der Waals surface area contributed by atoms with E-state index in [-0.39, 0.29) is 12.0 Å². The van der Waals surface area contributed by atoms with Gasteiger partial charge in [0.1, 0.15) is 0 Å². The summed E-state index contributed by atoms with van der Waals surface area (Å²) in [4.78, 5) is 12.2. The summed E-state index contributed by atoms with van der Waals surface area (Å²) in [5.74, 6) is 0.303. The minimum atomic E-state index is -0.418. The topological polar surface area (TPSA) is 58.6 Å². The maximum atomic E-state index is 12.2. The van der Waals surface area contributed by atoms with Crippen LogP contribution in [-0.4, -0.2) is 30.3 Å². The average Bonchev–Trinajstić information content (AvgIpc) is 2.61. The first-order chi connectivity index (χ1) is 11.2. The van der Waals surface area contributed by atoms with E-state index < -0.39 is 6.10 Å². The van der Waals surface area contributed by atoms with E-state index in [9.17, 15) is 9.90 Å². The third kappa shape index (κ3) is 4.33. The number of hydrogen-bond acceptors (Lipinski definition) is 3. The third-order valence-corrected chi connectivity index (χ3v) is 5.17. The fourth-order valence-corrected chi connectivity index (χ4v) is 3.79. The van der Waals surface area contributed by atoms with Gasteiger partial charge < -0.3 is 15.2 Å². The molecule has 4 heteroatoms. The van der Waals surface area contributed by atoms with Crippen LogP contribution in [0.4, 0.5) is 0 Å². The van der Waals surface area contributed by atoms with Crippen molar-refractivity contribution in [2.24, 2.45) is 5.92 Å². The number of aliphatic hydroxyl groups is 1. The van der Waals surface area contributed by atoms with Crippen LogP contribution in [0.2, 0.25) is 0 Å². The molecule has 2 N–H and O–H groups in total. The Bertz CT molecular complexity index is 525. The van der Waals surface area contributed by atoms with Crippen LogP contribution in [0.15, 0.2) is 24.3 Å². The molecule has 1 saturated carbocycles. The Morgan fingerprint density at radius 3 is 2.87 bits per heavy atom. The molecule has 1 amide bonds. The zero-order chi connectivity index (χ0) is 16.1. The second-order valence-electron chi connectivity index (χ2n) is 6.78. The SMILES string of the molecule is O=C(C[C@@H]1OCCc2ccccc21)NC[C@@H](O)C1CCCCC1. The maximum Gasteiger partial charge on any atom is 0.223 e. The summed E-state index contributed by atoms with van der Waals surface area (Å²) >= 11 is 0. The zero-order valence-corrected chi connectivity index (χ0v) is 13.7. The second kappa shape index (κ2) is 7.93. The van der Waals surface area contributed by atoms with E-state index >= 15 is 0 Å². The molecule has 4 nitrogen and oxygen atoms in total. The van der Waals surface area contributed by atoms with Crippen molar-refractivity contribution in [3.63, 3.8) is 0 Å². The van der Waals surface area contributed by atoms with Crippen LogP contribution >= 0.6 is 0 Å². The van der Waals surface area contributed by atoms with E-state index in [1.807, 2.05) is 18.2 Å². The number of nitrogens with one attached hydrogen (secondary N) is 1. The molecule has 126 valence electrons. The summed E-state index contributed by atoms with van der Waals surface area (Å²) in [5, 5.41) is 13.1. The average molecular weight is 317 g/mol. The maximum absolute atomic E-state index is 12.2. The zero-order valence-electron chi connectivity index (χ0n) is 13.7. The Balaban J connectivity index is 1.48. The van der Waals surface area contributed by atoms with E-state index in [1.165, 1.54) is 24.8 Å². The first kappa shape index (κ1) is 16.5. The molecule has 1 aliphatic carbocycles. The molecule has 0 spiro atoms. The fourth-order valence-electron chi connectivity index (χ4n) is 3.79. The minimum absolute atomic E-state index is 0.0402. The number of rotatable bonds is 5. The molecule has 2 atom stereocenters. The van der Waals surface area contributed by atoms with Crippen LogP contribution in [-0.2, 0) is 16.0 Å². The van der Waals surface area contributed by atoms with Gasteiger partial charge in [0.05, 0.1) is 25.2 Å². The third-order valence-electron chi connectivity index (χ3n) is 5.17. The lowest BCUT2D eigenvalue weighted by molar-refractivity contribution is -0.125. The van der Waals surface area contributed by atoms with Gasteiger partial charge in [0.25, 0.3) is 0 Å². The van der Waals surface area contributed by atoms with Gasteiger partial charge in [-0.05, 0) is 36.3 Å². The Kier molecular flexibility index (Phi) is 5.68. The minimum Gasteiger partial charge on any atom is -0.391 e. The first-order valence-electron chi connectivity index (χ1n) is 8.88. The molecule has 1 aromatic carbocycles. The Labute approximate surface area is 138 Å². The molecule has 0 unspecified atom stereocenters. The predicted octanol–water partition coefficient (Wildman–Crippen LogP) is 2.75. The van der Waals surface area contributed by atoms with E-state index in [0.717, 1.165) is 24.8 Å². The quantitative estimate of drug-likeness (QED) is 0.878. The number of aliphatic hydroxyl groups excluding tert-OH is 1. The van der Waals surface area contributed by atoms with Crippen molar-refractivity contribution in [3.8, 4) is 0 Å². The number of ether oxygens (including phenoxy) is 1. The molecule has 0 bridgehead atoms. The highest BCUT2D eigenvalue weighted by Crippen LogP contribution is 2.29. The lowest BCUT2D eigenvalue weighted by Crippen LogP contribution is -2.37. The molecule has 1 aliphatic heterocycles. The van der Waals surface area contributed by atoms with Crippen LogP contribution in [0.1, 0.15) is 55.8 Å². The van der Waals surface area contributed by atoms with Crippen LogP contribution in [0.3, 0.4) is 0 Å². The van der Waals surface area contributed by atoms with E-state index in [1.54, 1.807) is 0 Å². The largest absolute Gasteiger partial charge is 0.391 e. The van der Waals surface area contributed by atoms with Gasteiger partial charge in [-0.2, -0.15) is 0 Å². The van der Waals surface area contributed by atoms with Crippen molar-refractivity contribution in [1.82, 2.24) is 5.32 Å². The van der Waals surface area contributed by atoms with Crippen LogP contribution in [0, 0.1) is 5.92 Å². The Morgan fingerprint density at radius 1 is 1.26 bits per heavy atom. The summed E-state index contributed by atoms with van der Waals surface area (Å²) in [6.07, 6.45) is 6.49. The first-order valence-corrected chi connectivity index (χ1v) is 8.88. The number of amides is 1. The molecule has 23 heavy (non-hydrogen) atoms. The van der Waals surface area contributed by atoms with Gasteiger partial charge in [-0.25, -0.2) is 0 Å². The van der Waals surface area contributed by atoms with Crippen molar-refractivity contribution in [3.05, 3.63) is 35.4 Å². The van der Waals surface area contributed by atoms with E-state index in [0.29, 0.717) is 25.5 Å². The summed E-state index contributed by atoms with van der Waals surface area (Å²) in [6, 6.07) is 8.17. The Morgan fingerprint density at radius 2 is 2.04 bits per heavy atom. The van der Waals surface area contributed by atoms with Crippen molar-refractivity contribution >= 4 is 5.91 Å². The summed E-state index contributed by atoms with van der Waals surface area (Å²) in [7, 11) is 0. The molecular formula is C19H27NO3. The van der Waals surface area contributed by atoms with Gasteiger partial charge in [0.2, 0.25) is 5.91 Å². The molecular weight excluding hydrogens is 290 g/mol. The number of fused-ring (bicyclic) bond motifs is 1. The highest BCUT2D eigenvalue weighted by Gasteiger charge is 2.25. The molecule has 1 fully saturated rings. The van der Waals surface area contributed by atoms with Crippen molar-refractivity contribution in [2.45, 2.75) is 57.2 Å². The highest BCUT2D eigenvalue weighted by atomic mass is 16.5. The number of carbonyl (C=O) groups is 1. The number of carbonyl (C=O) groups excluding carboxylic acids is 1. The van der Waals surface area contributed by atoms with Crippen LogP contribution in [0.5, 0.6) is 0 Å². The fraction of sp³-hybridized carbons (Fsp3) is 0.632. The summed E-state index contributed by atoms with van der Waals surface area (Å²) in [6.45, 7) is 1.03. The van der Waals surface area contributed by atoms with Crippen molar-refractivity contribution < 1.29 is 14.6 Å². The summed E-state index contributed by atoms with van der Waals surface area (Å²) < 4.78 is 5.77. The van der Waals surface area contributed by atoms with E-state index in [4.69, 9.17) is 4.74 Å². The lowest BCUT2D eigenvalue weighted by Gasteiger charge is -2.28. The van der Waals surface area contributed by atoms with Crippen LogP contribution < -0.4 is 5.32 Å². The van der Waals surface area contributed by atoms with E-state index in [2.05, 4.69) is 11.4 Å². The second-order valence-corrected chi connectivity index (χ2v) is 6.78. The molecule has 3 rings (SSSR count). The van der Waals surface area contributed by atoms with Crippen LogP contribution in [0.25, 0.3) is 0 Å². The number of hydrogen-bond donors (Lipinski definition) is 2. The smallest absolute Gasteiger partial charge is 0.223 e. The van der Waals surface area contributed by atoms with Crippen molar-refractivity contribution in [1.29, 1.82) is 0 Å².